The van der Waals surface area contributed by atoms with Crippen molar-refractivity contribution < 1.29 is 9.84 Å². The molecule has 4 heteroatoms. The van der Waals surface area contributed by atoms with Gasteiger partial charge in [0.15, 0.2) is 0 Å². The van der Waals surface area contributed by atoms with Gasteiger partial charge in [-0.3, -0.25) is 0 Å². The van der Waals surface area contributed by atoms with Gasteiger partial charge in [-0.1, -0.05) is 6.92 Å². The standard InChI is InChI=1S/C13H28N2O2/c1-3-13(14,11-16)6-4-7-15-8-5-12(9-15)10-17-2/h12,16H,3-11,14H2,1-2H3. The van der Waals surface area contributed by atoms with E-state index in [1.54, 1.807) is 7.11 Å². The van der Waals surface area contributed by atoms with Crippen molar-refractivity contribution in [2.75, 3.05) is 40.0 Å². The van der Waals surface area contributed by atoms with E-state index in [4.69, 9.17) is 10.5 Å². The predicted octanol–water partition coefficient (Wildman–Crippen LogP) is 0.835. The maximum absolute atomic E-state index is 9.23. The third-order valence-electron chi connectivity index (χ3n) is 3.94. The molecule has 2 unspecified atom stereocenters. The van der Waals surface area contributed by atoms with E-state index in [1.165, 1.54) is 13.0 Å². The van der Waals surface area contributed by atoms with Crippen molar-refractivity contribution in [3.8, 4) is 0 Å². The molecule has 0 aromatic carbocycles. The Balaban J connectivity index is 2.15. The molecule has 0 aromatic heterocycles. The van der Waals surface area contributed by atoms with Gasteiger partial charge in [0.2, 0.25) is 0 Å². The van der Waals surface area contributed by atoms with E-state index < -0.39 is 0 Å². The first-order valence-electron chi connectivity index (χ1n) is 6.74. The highest BCUT2D eigenvalue weighted by Crippen LogP contribution is 2.19. The number of hydrogen-bond acceptors (Lipinski definition) is 4. The van der Waals surface area contributed by atoms with Gasteiger partial charge < -0.3 is 20.5 Å². The van der Waals surface area contributed by atoms with Gasteiger partial charge >= 0.3 is 0 Å². The van der Waals surface area contributed by atoms with Crippen molar-refractivity contribution in [3.63, 3.8) is 0 Å². The van der Waals surface area contributed by atoms with Crippen molar-refractivity contribution in [3.05, 3.63) is 0 Å². The minimum absolute atomic E-state index is 0.0931. The first kappa shape index (κ1) is 14.9. The Morgan fingerprint density at radius 3 is 2.88 bits per heavy atom. The maximum atomic E-state index is 9.23. The fraction of sp³-hybridized carbons (Fsp3) is 1.00. The average Bonchev–Trinajstić information content (AvgIpc) is 2.77. The van der Waals surface area contributed by atoms with E-state index in [0.29, 0.717) is 5.92 Å². The molecule has 17 heavy (non-hydrogen) atoms. The number of aliphatic hydroxyl groups excluding tert-OH is 1. The Morgan fingerprint density at radius 1 is 1.53 bits per heavy atom. The Kier molecular flexibility index (Phi) is 6.41. The Morgan fingerprint density at radius 2 is 2.29 bits per heavy atom. The number of aliphatic hydroxyl groups is 1. The topological polar surface area (TPSA) is 58.7 Å². The summed E-state index contributed by atoms with van der Waals surface area (Å²) >= 11 is 0. The number of rotatable bonds is 8. The van der Waals surface area contributed by atoms with Gasteiger partial charge in [-0.25, -0.2) is 0 Å². The van der Waals surface area contributed by atoms with Gasteiger partial charge in [-0.2, -0.15) is 0 Å². The zero-order chi connectivity index (χ0) is 12.7. The highest BCUT2D eigenvalue weighted by atomic mass is 16.5. The van der Waals surface area contributed by atoms with E-state index in [-0.39, 0.29) is 12.1 Å². The molecule has 0 aliphatic carbocycles. The van der Waals surface area contributed by atoms with Crippen LogP contribution < -0.4 is 5.73 Å². The number of nitrogens with two attached hydrogens (primary N) is 1. The molecule has 0 bridgehead atoms. The lowest BCUT2D eigenvalue weighted by molar-refractivity contribution is 0.151. The summed E-state index contributed by atoms with van der Waals surface area (Å²) in [5.41, 5.74) is 5.70. The molecule has 0 saturated carbocycles. The molecule has 1 rings (SSSR count). The van der Waals surface area contributed by atoms with Gasteiger partial charge in [0.1, 0.15) is 0 Å². The summed E-state index contributed by atoms with van der Waals surface area (Å²) in [6.07, 6.45) is 4.07. The number of likely N-dealkylation sites (tertiary alicyclic amines) is 1. The van der Waals surface area contributed by atoms with E-state index in [1.807, 2.05) is 6.92 Å². The number of nitrogens with zero attached hydrogens (tertiary/aromatic N) is 1. The van der Waals surface area contributed by atoms with Crippen LogP contribution in [0.2, 0.25) is 0 Å². The Hall–Kier alpha value is -0.160. The van der Waals surface area contributed by atoms with Crippen LogP contribution in [0.1, 0.15) is 32.6 Å². The molecule has 2 atom stereocenters. The Bertz CT molecular complexity index is 208. The SMILES string of the molecule is CCC(N)(CO)CCCN1CCC(COC)C1. The van der Waals surface area contributed by atoms with Crippen molar-refractivity contribution in [2.45, 2.75) is 38.1 Å². The summed E-state index contributed by atoms with van der Waals surface area (Å²) < 4.78 is 5.19. The summed E-state index contributed by atoms with van der Waals surface area (Å²) in [4.78, 5) is 2.48. The molecule has 1 aliphatic rings. The highest BCUT2D eigenvalue weighted by Gasteiger charge is 2.24. The molecule has 102 valence electrons. The van der Waals surface area contributed by atoms with Crippen LogP contribution in [0.5, 0.6) is 0 Å². The molecule has 1 saturated heterocycles. The van der Waals surface area contributed by atoms with Gasteiger partial charge in [-0.15, -0.1) is 0 Å². The number of ether oxygens (including phenoxy) is 1. The lowest BCUT2D eigenvalue weighted by atomic mass is 9.92. The molecule has 1 heterocycles. The second-order valence-corrected chi connectivity index (χ2v) is 5.39. The van der Waals surface area contributed by atoms with Crippen LogP contribution in [0.15, 0.2) is 0 Å². The largest absolute Gasteiger partial charge is 0.394 e. The highest BCUT2D eigenvalue weighted by molar-refractivity contribution is 4.82. The second-order valence-electron chi connectivity index (χ2n) is 5.39. The van der Waals surface area contributed by atoms with Crippen LogP contribution in [0.3, 0.4) is 0 Å². The first-order chi connectivity index (χ1) is 8.13. The summed E-state index contributed by atoms with van der Waals surface area (Å²) in [5, 5.41) is 9.23. The summed E-state index contributed by atoms with van der Waals surface area (Å²) in [6, 6.07) is 0. The summed E-state index contributed by atoms with van der Waals surface area (Å²) in [7, 11) is 1.77. The Labute approximate surface area is 105 Å². The van der Waals surface area contributed by atoms with Crippen LogP contribution in [0, 0.1) is 5.92 Å². The van der Waals surface area contributed by atoms with Crippen molar-refractivity contribution in [1.29, 1.82) is 0 Å². The van der Waals surface area contributed by atoms with Crippen molar-refractivity contribution in [1.82, 2.24) is 4.90 Å². The minimum Gasteiger partial charge on any atom is -0.394 e. The fourth-order valence-corrected chi connectivity index (χ4v) is 2.51. The van der Waals surface area contributed by atoms with E-state index >= 15 is 0 Å². The number of hydrogen-bond donors (Lipinski definition) is 2. The molecule has 0 radical (unpaired) electrons. The molecule has 1 aliphatic heterocycles. The molecule has 3 N–H and O–H groups in total. The van der Waals surface area contributed by atoms with Crippen molar-refractivity contribution in [2.24, 2.45) is 11.7 Å². The van der Waals surface area contributed by atoms with Crippen LogP contribution in [0.25, 0.3) is 0 Å². The van der Waals surface area contributed by atoms with Gasteiger partial charge in [0, 0.05) is 19.2 Å². The first-order valence-corrected chi connectivity index (χ1v) is 6.74. The van der Waals surface area contributed by atoms with E-state index in [2.05, 4.69) is 4.90 Å². The minimum atomic E-state index is -0.369. The smallest absolute Gasteiger partial charge is 0.0611 e. The molecule has 4 nitrogen and oxygen atoms in total. The zero-order valence-electron chi connectivity index (χ0n) is 11.3. The monoisotopic (exact) mass is 244 g/mol. The molecular weight excluding hydrogens is 216 g/mol. The second kappa shape index (κ2) is 7.31. The molecule has 0 amide bonds. The summed E-state index contributed by atoms with van der Waals surface area (Å²) in [5.74, 6) is 0.701. The molecular formula is C13H28N2O2. The van der Waals surface area contributed by atoms with E-state index in [9.17, 15) is 5.11 Å². The van der Waals surface area contributed by atoms with Gasteiger partial charge in [0.05, 0.1) is 13.2 Å². The third kappa shape index (κ3) is 4.92. The number of methoxy groups -OCH3 is 1. The average molecular weight is 244 g/mol. The normalized spacial score (nSPS) is 25.1. The lowest BCUT2D eigenvalue weighted by Crippen LogP contribution is -2.43. The molecule has 0 spiro atoms. The quantitative estimate of drug-likeness (QED) is 0.664. The van der Waals surface area contributed by atoms with Crippen LogP contribution in [-0.2, 0) is 4.74 Å². The van der Waals surface area contributed by atoms with Crippen LogP contribution >= 0.6 is 0 Å². The predicted molar refractivity (Wildman–Crippen MR) is 70.0 cm³/mol. The third-order valence-corrected chi connectivity index (χ3v) is 3.94. The van der Waals surface area contributed by atoms with Gasteiger partial charge in [0.25, 0.3) is 0 Å². The summed E-state index contributed by atoms with van der Waals surface area (Å²) in [6.45, 7) is 6.44. The maximum Gasteiger partial charge on any atom is 0.0611 e. The lowest BCUT2D eigenvalue weighted by Gasteiger charge is -2.26. The van der Waals surface area contributed by atoms with Gasteiger partial charge in [-0.05, 0) is 44.7 Å². The zero-order valence-corrected chi connectivity index (χ0v) is 11.3. The molecule has 1 fully saturated rings. The fourth-order valence-electron chi connectivity index (χ4n) is 2.51. The van der Waals surface area contributed by atoms with Crippen LogP contribution in [0.4, 0.5) is 0 Å². The van der Waals surface area contributed by atoms with Crippen molar-refractivity contribution >= 4 is 0 Å². The molecule has 0 aromatic rings. The van der Waals surface area contributed by atoms with E-state index in [0.717, 1.165) is 39.0 Å². The van der Waals surface area contributed by atoms with Crippen LogP contribution in [-0.4, -0.2) is 55.5 Å².